The van der Waals surface area contributed by atoms with E-state index in [1.807, 2.05) is 11.8 Å². The zero-order valence-electron chi connectivity index (χ0n) is 17.3. The zero-order chi connectivity index (χ0) is 21.3. The van der Waals surface area contributed by atoms with E-state index in [9.17, 15) is 4.57 Å². The van der Waals surface area contributed by atoms with E-state index in [2.05, 4.69) is 59.9 Å². The van der Waals surface area contributed by atoms with Gasteiger partial charge in [0.1, 0.15) is 0 Å². The van der Waals surface area contributed by atoms with Crippen LogP contribution in [-0.2, 0) is 21.3 Å². The number of ether oxygens (including phenoxy) is 1. The van der Waals surface area contributed by atoms with Gasteiger partial charge in [0.25, 0.3) is 0 Å². The number of benzene rings is 2. The molecule has 0 unspecified atom stereocenters. The van der Waals surface area contributed by atoms with Gasteiger partial charge in [-0.15, -0.1) is 11.8 Å². The molecule has 1 fully saturated rings. The summed E-state index contributed by atoms with van der Waals surface area (Å²) < 4.78 is 16.4. The number of thioether (sulfide) groups is 1. The van der Waals surface area contributed by atoms with E-state index in [1.165, 1.54) is 35.3 Å². The van der Waals surface area contributed by atoms with Gasteiger partial charge in [0.05, 0.1) is 19.4 Å². The molecule has 7 heteroatoms. The molecule has 2 aromatic rings. The Morgan fingerprint density at radius 2 is 1.73 bits per heavy atom. The van der Waals surface area contributed by atoms with Gasteiger partial charge in [-0.25, -0.2) is 0 Å². The van der Waals surface area contributed by atoms with Crippen molar-refractivity contribution in [2.24, 2.45) is 0 Å². The van der Waals surface area contributed by atoms with Crippen LogP contribution in [0.15, 0.2) is 59.5 Å². The minimum Gasteiger partial charge on any atom is -0.379 e. The molecule has 1 aliphatic rings. The van der Waals surface area contributed by atoms with Crippen molar-refractivity contribution in [3.05, 3.63) is 65.7 Å². The first-order valence-electron chi connectivity index (χ1n) is 10.6. The highest BCUT2D eigenvalue weighted by Gasteiger charge is 2.39. The Morgan fingerprint density at radius 3 is 2.37 bits per heavy atom. The third-order valence-electron chi connectivity index (χ3n) is 5.52. The molecule has 30 heavy (non-hydrogen) atoms. The Kier molecular flexibility index (Phi) is 8.99. The maximum atomic E-state index is 10.8. The molecule has 0 atom stereocenters. The van der Waals surface area contributed by atoms with Crippen molar-refractivity contribution < 1.29 is 19.1 Å². The molecule has 0 saturated carbocycles. The summed E-state index contributed by atoms with van der Waals surface area (Å²) in [4.78, 5) is 19.0. The van der Waals surface area contributed by atoms with Crippen LogP contribution in [0.5, 0.6) is 0 Å². The first kappa shape index (κ1) is 23.5. The molecule has 2 aromatic carbocycles. The van der Waals surface area contributed by atoms with Gasteiger partial charge in [-0.05, 0) is 54.8 Å². The second-order valence-electron chi connectivity index (χ2n) is 8.01. The topological polar surface area (TPSA) is 78.8 Å². The van der Waals surface area contributed by atoms with Crippen LogP contribution in [0, 0.1) is 0 Å². The summed E-state index contributed by atoms with van der Waals surface area (Å²) in [7, 11) is -3.87. The van der Waals surface area contributed by atoms with E-state index in [-0.39, 0.29) is 11.6 Å². The average molecular weight is 450 g/mol. The van der Waals surface area contributed by atoms with E-state index in [4.69, 9.17) is 14.5 Å². The second kappa shape index (κ2) is 11.5. The Morgan fingerprint density at radius 1 is 1.00 bits per heavy atom. The summed E-state index contributed by atoms with van der Waals surface area (Å²) in [5, 5.41) is 3.23. The van der Waals surface area contributed by atoms with E-state index < -0.39 is 7.60 Å². The second-order valence-corrected chi connectivity index (χ2v) is 11.0. The van der Waals surface area contributed by atoms with Gasteiger partial charge in [-0.3, -0.25) is 4.57 Å². The van der Waals surface area contributed by atoms with E-state index in [0.717, 1.165) is 25.5 Å². The van der Waals surface area contributed by atoms with Crippen molar-refractivity contribution >= 4 is 19.4 Å². The third kappa shape index (κ3) is 7.52. The largest absolute Gasteiger partial charge is 0.379 e. The zero-order valence-corrected chi connectivity index (χ0v) is 19.0. The number of unbranched alkanes of at least 4 members (excludes halogenated alkanes) is 1. The molecule has 0 aromatic heterocycles. The van der Waals surface area contributed by atoms with Gasteiger partial charge < -0.3 is 19.8 Å². The first-order valence-corrected chi connectivity index (χ1v) is 13.4. The van der Waals surface area contributed by atoms with Crippen LogP contribution in [0.4, 0.5) is 0 Å². The highest BCUT2D eigenvalue weighted by molar-refractivity contribution is 7.99. The van der Waals surface area contributed by atoms with Gasteiger partial charge >= 0.3 is 7.60 Å². The SMILES string of the molecule is O=P(O)(O)CCCNCc1ccc(SCCCCC2(c3ccccc3)COC2)cc1. The van der Waals surface area contributed by atoms with Crippen LogP contribution in [0.2, 0.25) is 0 Å². The first-order chi connectivity index (χ1) is 14.5. The molecule has 0 radical (unpaired) electrons. The number of nitrogens with one attached hydrogen (secondary N) is 1. The lowest BCUT2D eigenvalue weighted by Gasteiger charge is -2.42. The summed E-state index contributed by atoms with van der Waals surface area (Å²) in [5.41, 5.74) is 2.83. The van der Waals surface area contributed by atoms with Crippen molar-refractivity contribution in [2.45, 2.75) is 42.5 Å². The molecular formula is C23H32NO4PS. The van der Waals surface area contributed by atoms with Crippen molar-refractivity contribution in [3.63, 3.8) is 0 Å². The minimum absolute atomic E-state index is 0.0604. The van der Waals surface area contributed by atoms with E-state index >= 15 is 0 Å². The molecule has 0 amide bonds. The van der Waals surface area contributed by atoms with E-state index in [0.29, 0.717) is 13.0 Å². The molecule has 3 rings (SSSR count). The Hall–Kier alpha value is -1.14. The molecule has 1 aliphatic heterocycles. The van der Waals surface area contributed by atoms with Gasteiger partial charge in [-0.2, -0.15) is 0 Å². The maximum absolute atomic E-state index is 10.8. The molecular weight excluding hydrogens is 417 g/mol. The normalized spacial score (nSPS) is 15.7. The van der Waals surface area contributed by atoms with Crippen LogP contribution in [0.3, 0.4) is 0 Å². The number of rotatable bonds is 13. The van der Waals surface area contributed by atoms with Gasteiger partial charge in [0, 0.05) is 16.9 Å². The molecule has 5 nitrogen and oxygen atoms in total. The average Bonchev–Trinajstić information content (AvgIpc) is 2.70. The highest BCUT2D eigenvalue weighted by atomic mass is 32.2. The standard InChI is InChI=1S/C23H32NO4PS/c25-29(26,27)15-6-14-24-17-20-9-11-22(12-10-20)30-16-5-4-13-23(18-28-19-23)21-7-2-1-3-8-21/h1-3,7-12,24H,4-6,13-19H2,(H2,25,26,27). The lowest BCUT2D eigenvalue weighted by atomic mass is 9.75. The quantitative estimate of drug-likeness (QED) is 0.236. The fraction of sp³-hybridized carbons (Fsp3) is 0.478. The predicted molar refractivity (Wildman–Crippen MR) is 123 cm³/mol. The highest BCUT2D eigenvalue weighted by Crippen LogP contribution is 2.37. The smallest absolute Gasteiger partial charge is 0.325 e. The van der Waals surface area contributed by atoms with Crippen molar-refractivity contribution in [2.75, 3.05) is 31.7 Å². The predicted octanol–water partition coefficient (Wildman–Crippen LogP) is 4.57. The van der Waals surface area contributed by atoms with Gasteiger partial charge in [0.2, 0.25) is 0 Å². The Balaban J connectivity index is 1.30. The molecule has 164 valence electrons. The fourth-order valence-corrected chi connectivity index (χ4v) is 5.18. The molecule has 0 aliphatic carbocycles. The molecule has 1 heterocycles. The van der Waals surface area contributed by atoms with Crippen LogP contribution in [0.1, 0.15) is 36.8 Å². The van der Waals surface area contributed by atoms with Crippen molar-refractivity contribution in [1.82, 2.24) is 5.32 Å². The van der Waals surface area contributed by atoms with Crippen LogP contribution in [-0.4, -0.2) is 41.5 Å². The fourth-order valence-electron chi connectivity index (χ4n) is 3.70. The summed E-state index contributed by atoms with van der Waals surface area (Å²) >= 11 is 1.90. The molecule has 0 bridgehead atoms. The number of hydrogen-bond acceptors (Lipinski definition) is 4. The van der Waals surface area contributed by atoms with Crippen LogP contribution < -0.4 is 5.32 Å². The van der Waals surface area contributed by atoms with Crippen LogP contribution in [0.25, 0.3) is 0 Å². The third-order valence-corrected chi connectivity index (χ3v) is 7.51. The lowest BCUT2D eigenvalue weighted by molar-refractivity contribution is -0.0652. The molecule has 3 N–H and O–H groups in total. The molecule has 1 saturated heterocycles. The molecule has 0 spiro atoms. The summed E-state index contributed by atoms with van der Waals surface area (Å²) in [5.74, 6) is 1.12. The van der Waals surface area contributed by atoms with Crippen LogP contribution >= 0.6 is 19.4 Å². The minimum atomic E-state index is -3.87. The Bertz CT molecular complexity index is 806. The van der Waals surface area contributed by atoms with Crippen molar-refractivity contribution in [1.29, 1.82) is 0 Å². The van der Waals surface area contributed by atoms with Crippen molar-refractivity contribution in [3.8, 4) is 0 Å². The van der Waals surface area contributed by atoms with Gasteiger partial charge in [0.15, 0.2) is 0 Å². The monoisotopic (exact) mass is 449 g/mol. The summed E-state index contributed by atoms with van der Waals surface area (Å²) in [6.07, 6.45) is 4.01. The lowest BCUT2D eigenvalue weighted by Crippen LogP contribution is -2.46. The van der Waals surface area contributed by atoms with Gasteiger partial charge in [-0.1, -0.05) is 48.9 Å². The Labute approximate surface area is 183 Å². The summed E-state index contributed by atoms with van der Waals surface area (Å²) in [6.45, 7) is 3.02. The van der Waals surface area contributed by atoms with E-state index in [1.54, 1.807) is 0 Å². The number of hydrogen-bond donors (Lipinski definition) is 3. The maximum Gasteiger partial charge on any atom is 0.325 e. The summed E-state index contributed by atoms with van der Waals surface area (Å²) in [6, 6.07) is 19.3.